The number of carbonyl (C=O) groups excluding carboxylic acids is 2. The van der Waals surface area contributed by atoms with Gasteiger partial charge in [-0.25, -0.2) is 0 Å². The highest BCUT2D eigenvalue weighted by molar-refractivity contribution is 6.53. The summed E-state index contributed by atoms with van der Waals surface area (Å²) in [5.74, 6) is -1.74. The highest BCUT2D eigenvalue weighted by Gasteiger charge is 2.34. The van der Waals surface area contributed by atoms with Crippen LogP contribution in [0.25, 0.3) is 5.76 Å². The Morgan fingerprint density at radius 2 is 1.89 bits per heavy atom. The molecule has 0 saturated heterocycles. The van der Waals surface area contributed by atoms with E-state index in [2.05, 4.69) is 6.58 Å². The van der Waals surface area contributed by atoms with E-state index in [1.54, 1.807) is 0 Å². The molecule has 3 nitrogen and oxygen atoms in total. The van der Waals surface area contributed by atoms with Gasteiger partial charge in [0.2, 0.25) is 11.6 Å². The minimum atomic E-state index is -0.738. The molecule has 1 N–H and O–H groups in total. The molecule has 0 aliphatic heterocycles. The molecule has 0 fully saturated rings. The number of hydrogen-bond acceptors (Lipinski definition) is 3. The highest BCUT2D eigenvalue weighted by atomic mass is 35.5. The van der Waals surface area contributed by atoms with Gasteiger partial charge in [-0.15, -0.1) is 6.58 Å². The summed E-state index contributed by atoms with van der Waals surface area (Å²) < 4.78 is 0. The van der Waals surface area contributed by atoms with E-state index >= 15 is 0 Å². The van der Waals surface area contributed by atoms with Gasteiger partial charge in [-0.2, -0.15) is 0 Å². The van der Waals surface area contributed by atoms with Crippen molar-refractivity contribution in [3.8, 4) is 0 Å². The maximum atomic E-state index is 11.9. The van der Waals surface area contributed by atoms with Gasteiger partial charge in [-0.05, 0) is 18.6 Å². The molecule has 0 aromatic heterocycles. The summed E-state index contributed by atoms with van der Waals surface area (Å²) >= 11 is 11.8. The molecular formula is C13H8Cl2O3. The summed E-state index contributed by atoms with van der Waals surface area (Å²) in [5, 5.41) is 10.3. The fourth-order valence-corrected chi connectivity index (χ4v) is 2.23. The molecule has 5 heteroatoms. The number of benzene rings is 1. The van der Waals surface area contributed by atoms with Crippen LogP contribution in [0.3, 0.4) is 0 Å². The average Bonchev–Trinajstić information content (AvgIpc) is 2.35. The Balaban J connectivity index is 2.80. The van der Waals surface area contributed by atoms with Crippen LogP contribution in [-0.4, -0.2) is 16.7 Å². The van der Waals surface area contributed by atoms with Crippen molar-refractivity contribution in [3.05, 3.63) is 51.5 Å². The summed E-state index contributed by atoms with van der Waals surface area (Å²) in [6, 6.07) is 2.80. The van der Waals surface area contributed by atoms with E-state index in [0.29, 0.717) is 0 Å². The van der Waals surface area contributed by atoms with E-state index in [0.717, 1.165) is 0 Å². The number of fused-ring (bicyclic) bond motifs is 1. The lowest BCUT2D eigenvalue weighted by molar-refractivity contribution is -0.112. The topological polar surface area (TPSA) is 54.4 Å². The molecule has 0 saturated carbocycles. The second kappa shape index (κ2) is 4.59. The Kier molecular flexibility index (Phi) is 3.28. The lowest BCUT2D eigenvalue weighted by atomic mass is 9.87. The first-order valence-corrected chi connectivity index (χ1v) is 5.85. The van der Waals surface area contributed by atoms with Crippen LogP contribution in [0.5, 0.6) is 0 Å². The van der Waals surface area contributed by atoms with Gasteiger partial charge in [0.05, 0.1) is 10.0 Å². The fourth-order valence-electron chi connectivity index (χ4n) is 1.82. The number of allylic oxidation sites excluding steroid dienone is 2. The Bertz CT molecular complexity index is 615. The largest absolute Gasteiger partial charge is 0.507 e. The molecule has 1 aromatic rings. The molecule has 0 unspecified atom stereocenters. The van der Waals surface area contributed by atoms with Gasteiger partial charge in [0.15, 0.2) is 0 Å². The quantitative estimate of drug-likeness (QED) is 0.666. The molecule has 0 atom stereocenters. The third-order valence-electron chi connectivity index (χ3n) is 2.69. The molecule has 0 radical (unpaired) electrons. The summed E-state index contributed by atoms with van der Waals surface area (Å²) in [7, 11) is 0. The lowest BCUT2D eigenvalue weighted by Crippen LogP contribution is -2.24. The van der Waals surface area contributed by atoms with Crippen molar-refractivity contribution >= 4 is 40.5 Å². The lowest BCUT2D eigenvalue weighted by Gasteiger charge is -2.18. The van der Waals surface area contributed by atoms with Crippen LogP contribution >= 0.6 is 23.2 Å². The van der Waals surface area contributed by atoms with Crippen molar-refractivity contribution in [2.75, 3.05) is 0 Å². The molecule has 0 heterocycles. The van der Waals surface area contributed by atoms with Crippen molar-refractivity contribution in [2.24, 2.45) is 0 Å². The zero-order chi connectivity index (χ0) is 13.4. The van der Waals surface area contributed by atoms with E-state index in [9.17, 15) is 14.7 Å². The van der Waals surface area contributed by atoms with Crippen molar-refractivity contribution < 1.29 is 14.7 Å². The second-order valence-electron chi connectivity index (χ2n) is 3.76. The van der Waals surface area contributed by atoms with E-state index in [4.69, 9.17) is 23.2 Å². The number of halogens is 2. The number of ketones is 2. The number of aliphatic hydroxyl groups is 1. The average molecular weight is 283 g/mol. The van der Waals surface area contributed by atoms with Crippen LogP contribution in [-0.2, 0) is 4.79 Å². The zero-order valence-electron chi connectivity index (χ0n) is 9.17. The van der Waals surface area contributed by atoms with Crippen LogP contribution in [0.15, 0.2) is 30.4 Å². The molecule has 0 spiro atoms. The van der Waals surface area contributed by atoms with Crippen LogP contribution < -0.4 is 0 Å². The van der Waals surface area contributed by atoms with Crippen LogP contribution in [0, 0.1) is 0 Å². The van der Waals surface area contributed by atoms with E-state index < -0.39 is 11.6 Å². The monoisotopic (exact) mass is 282 g/mol. The Morgan fingerprint density at radius 1 is 1.22 bits per heavy atom. The predicted molar refractivity (Wildman–Crippen MR) is 70.2 cm³/mol. The van der Waals surface area contributed by atoms with Gasteiger partial charge in [0.25, 0.3) is 0 Å². The molecule has 1 aliphatic rings. The third-order valence-corrected chi connectivity index (χ3v) is 3.50. The number of rotatable bonds is 2. The third kappa shape index (κ3) is 1.76. The molecular weight excluding hydrogens is 275 g/mol. The molecule has 1 aliphatic carbocycles. The zero-order valence-corrected chi connectivity index (χ0v) is 10.7. The van der Waals surface area contributed by atoms with E-state index in [-0.39, 0.29) is 38.9 Å². The van der Waals surface area contributed by atoms with Gasteiger partial charge in [-0.3, -0.25) is 9.59 Å². The van der Waals surface area contributed by atoms with Crippen molar-refractivity contribution in [1.29, 1.82) is 0 Å². The highest BCUT2D eigenvalue weighted by Crippen LogP contribution is 2.38. The molecule has 1 aromatic carbocycles. The minimum Gasteiger partial charge on any atom is -0.507 e. The maximum absolute atomic E-state index is 11.9. The van der Waals surface area contributed by atoms with Crippen molar-refractivity contribution in [1.82, 2.24) is 0 Å². The first-order valence-electron chi connectivity index (χ1n) is 5.09. The normalized spacial score (nSPS) is 14.8. The fraction of sp³-hybridized carbons (Fsp3) is 0.0769. The van der Waals surface area contributed by atoms with Crippen LogP contribution in [0.4, 0.5) is 0 Å². The predicted octanol–water partition coefficient (Wildman–Crippen LogP) is 3.60. The molecule has 18 heavy (non-hydrogen) atoms. The standard InChI is InChI=1S/C13H8Cl2O3/c1-2-3-7-11(16)9-6(12(17)13(7)18)4-5-8(14)10(9)15/h2,4-5,16H,1,3H2. The number of carbonyl (C=O) groups is 2. The van der Waals surface area contributed by atoms with Gasteiger partial charge in [0.1, 0.15) is 5.76 Å². The molecule has 0 bridgehead atoms. The summed E-state index contributed by atoms with van der Waals surface area (Å²) in [6.45, 7) is 3.48. The minimum absolute atomic E-state index is 0.00772. The van der Waals surface area contributed by atoms with Gasteiger partial charge >= 0.3 is 0 Å². The van der Waals surface area contributed by atoms with Crippen molar-refractivity contribution in [3.63, 3.8) is 0 Å². The van der Waals surface area contributed by atoms with E-state index in [1.807, 2.05) is 0 Å². The molecule has 2 rings (SSSR count). The molecule has 92 valence electrons. The first-order chi connectivity index (χ1) is 8.49. The van der Waals surface area contributed by atoms with Crippen LogP contribution in [0.1, 0.15) is 22.3 Å². The first kappa shape index (κ1) is 12.9. The Morgan fingerprint density at radius 3 is 2.50 bits per heavy atom. The van der Waals surface area contributed by atoms with Crippen molar-refractivity contribution in [2.45, 2.75) is 6.42 Å². The number of Topliss-reactive ketones (excluding diaryl/α,β-unsaturated/α-hetero) is 2. The number of aliphatic hydroxyl groups excluding tert-OH is 1. The Hall–Kier alpha value is -1.58. The number of hydrogen-bond donors (Lipinski definition) is 1. The second-order valence-corrected chi connectivity index (χ2v) is 4.55. The summed E-state index contributed by atoms with van der Waals surface area (Å²) in [4.78, 5) is 23.7. The van der Waals surface area contributed by atoms with Gasteiger partial charge < -0.3 is 5.11 Å². The summed E-state index contributed by atoms with van der Waals surface area (Å²) in [6.07, 6.45) is 1.53. The van der Waals surface area contributed by atoms with E-state index in [1.165, 1.54) is 18.2 Å². The summed E-state index contributed by atoms with van der Waals surface area (Å²) in [5.41, 5.74) is 0.178. The van der Waals surface area contributed by atoms with Crippen LogP contribution in [0.2, 0.25) is 10.0 Å². The smallest absolute Gasteiger partial charge is 0.234 e. The molecule has 0 amide bonds. The Labute approximate surface area is 113 Å². The van der Waals surface area contributed by atoms with Gasteiger partial charge in [0, 0.05) is 16.7 Å². The van der Waals surface area contributed by atoms with Gasteiger partial charge in [-0.1, -0.05) is 29.3 Å². The maximum Gasteiger partial charge on any atom is 0.234 e. The SMILES string of the molecule is C=CCC1=C(O)c2c(ccc(Cl)c2Cl)C(=O)C1=O.